The van der Waals surface area contributed by atoms with Gasteiger partial charge in [-0.25, -0.2) is 19.2 Å². The fourth-order valence-electron chi connectivity index (χ4n) is 0.413. The Morgan fingerprint density at radius 3 is 1.05 bits per heavy atom. The second-order valence-corrected chi connectivity index (χ2v) is 2.58. The number of aliphatic hydroxyl groups is 2. The molecule has 10 nitrogen and oxygen atoms in total. The van der Waals surface area contributed by atoms with Gasteiger partial charge in [0.2, 0.25) is 0 Å². The van der Waals surface area contributed by atoms with Crippen molar-refractivity contribution in [1.82, 2.24) is 0 Å². The molecular formula is C8H13CaNaO10. The number of rotatable bonds is 5. The third kappa shape index (κ3) is 17.8. The number of hydrogen-bond acceptors (Lipinski definition) is 6. The van der Waals surface area contributed by atoms with Gasteiger partial charge in [-0.05, 0) is 0 Å². The SMILES string of the molecule is O=C(O)/C=C\C(=O)O.O=C(O)C(O)C(O)C(=O)O.[Ca+2].[H-].[H-].[H-].[Na+]. The van der Waals surface area contributed by atoms with Crippen molar-refractivity contribution in [3.63, 3.8) is 0 Å². The number of carbonyl (C=O) groups is 4. The van der Waals surface area contributed by atoms with E-state index >= 15 is 0 Å². The zero-order valence-electron chi connectivity index (χ0n) is 13.3. The Labute approximate surface area is 168 Å². The quantitative estimate of drug-likeness (QED) is 0.209. The molecule has 0 saturated heterocycles. The van der Waals surface area contributed by atoms with Crippen LogP contribution in [0.3, 0.4) is 0 Å². The second kappa shape index (κ2) is 15.2. The van der Waals surface area contributed by atoms with Gasteiger partial charge in [-0.15, -0.1) is 0 Å². The summed E-state index contributed by atoms with van der Waals surface area (Å²) in [4.78, 5) is 38.7. The fourth-order valence-corrected chi connectivity index (χ4v) is 0.413. The topological polar surface area (TPSA) is 190 Å². The molecule has 0 aromatic heterocycles. The van der Waals surface area contributed by atoms with Crippen molar-refractivity contribution in [3.8, 4) is 0 Å². The first-order chi connectivity index (χ1) is 8.09. The smallest absolute Gasteiger partial charge is 1.00 e. The van der Waals surface area contributed by atoms with Crippen LogP contribution < -0.4 is 29.6 Å². The minimum Gasteiger partial charge on any atom is -1.00 e. The molecule has 0 fully saturated rings. The molecule has 12 heteroatoms. The third-order valence-electron chi connectivity index (χ3n) is 1.17. The molecule has 0 amide bonds. The Morgan fingerprint density at radius 1 is 0.750 bits per heavy atom. The van der Waals surface area contributed by atoms with Gasteiger partial charge in [-0.3, -0.25) is 0 Å². The number of aliphatic hydroxyl groups excluding tert-OH is 2. The van der Waals surface area contributed by atoms with E-state index < -0.39 is 36.1 Å². The van der Waals surface area contributed by atoms with Gasteiger partial charge >= 0.3 is 91.2 Å². The van der Waals surface area contributed by atoms with E-state index in [2.05, 4.69) is 0 Å². The maximum absolute atomic E-state index is 9.77. The molecule has 0 aliphatic rings. The molecule has 2 atom stereocenters. The number of carboxylic acids is 4. The third-order valence-corrected chi connectivity index (χ3v) is 1.17. The molecule has 20 heavy (non-hydrogen) atoms. The molecule has 0 heterocycles. The predicted molar refractivity (Wildman–Crippen MR) is 60.8 cm³/mol. The van der Waals surface area contributed by atoms with Crippen molar-refractivity contribution in [3.05, 3.63) is 12.2 Å². The molecule has 0 radical (unpaired) electrons. The molecule has 0 aliphatic carbocycles. The van der Waals surface area contributed by atoms with Crippen molar-refractivity contribution in [1.29, 1.82) is 0 Å². The number of carboxylic acid groups (broad SMARTS) is 4. The van der Waals surface area contributed by atoms with Crippen LogP contribution in [-0.2, 0) is 19.2 Å². The molecule has 6 N–H and O–H groups in total. The summed E-state index contributed by atoms with van der Waals surface area (Å²) in [5.74, 6) is -6.05. The van der Waals surface area contributed by atoms with Gasteiger partial charge in [-0.1, -0.05) is 0 Å². The average molecular weight is 332 g/mol. The van der Waals surface area contributed by atoms with E-state index in [-0.39, 0.29) is 71.6 Å². The van der Waals surface area contributed by atoms with Crippen LogP contribution >= 0.6 is 0 Å². The van der Waals surface area contributed by atoms with Crippen molar-refractivity contribution in [2.75, 3.05) is 0 Å². The summed E-state index contributed by atoms with van der Waals surface area (Å²) in [5, 5.41) is 48.2. The molecular weight excluding hydrogens is 319 g/mol. The van der Waals surface area contributed by atoms with Crippen molar-refractivity contribution >= 4 is 61.6 Å². The first-order valence-electron chi connectivity index (χ1n) is 4.05. The van der Waals surface area contributed by atoms with Crippen LogP contribution in [0.1, 0.15) is 4.28 Å². The van der Waals surface area contributed by atoms with Gasteiger partial charge in [0.05, 0.1) is 0 Å². The molecule has 0 aromatic rings. The fraction of sp³-hybridized carbons (Fsp3) is 0.250. The van der Waals surface area contributed by atoms with Gasteiger partial charge in [-0.2, -0.15) is 0 Å². The molecule has 0 saturated carbocycles. The molecule has 0 spiro atoms. The van der Waals surface area contributed by atoms with Crippen LogP contribution in [0.4, 0.5) is 0 Å². The molecule has 0 rings (SSSR count). The molecule has 108 valence electrons. The van der Waals surface area contributed by atoms with Crippen LogP contribution in [0.5, 0.6) is 0 Å². The van der Waals surface area contributed by atoms with Crippen LogP contribution in [0.2, 0.25) is 0 Å². The largest absolute Gasteiger partial charge is 2.00 e. The van der Waals surface area contributed by atoms with Crippen LogP contribution in [0.15, 0.2) is 12.2 Å². The first kappa shape index (κ1) is 28.0. The summed E-state index contributed by atoms with van der Waals surface area (Å²) in [5.41, 5.74) is 0. The van der Waals surface area contributed by atoms with Crippen LogP contribution in [-0.4, -0.2) is 104 Å². The van der Waals surface area contributed by atoms with Gasteiger partial charge in [0.15, 0.2) is 12.2 Å². The van der Waals surface area contributed by atoms with Crippen LogP contribution in [0, 0.1) is 0 Å². The van der Waals surface area contributed by atoms with Crippen molar-refractivity contribution in [2.45, 2.75) is 12.2 Å². The standard InChI is InChI=1S/C4H6O6.C4H4O4.Ca.Na.3H/c5-1(3(7)8)2(6)4(9)10;5-3(6)1-2-4(7)8;;;;;/h1-2,5-6H,(H,7,8)(H,9,10);1-2H,(H,5,6)(H,7,8);;;;;/q;;+2;+1;3*-1/b;2-1-;;;;;. The Kier molecular flexibility index (Phi) is 21.3. The monoisotopic (exact) mass is 332 g/mol. The maximum atomic E-state index is 9.77. The zero-order chi connectivity index (χ0) is 14.9. The summed E-state index contributed by atoms with van der Waals surface area (Å²) in [6.07, 6.45) is -3.42. The number of aliphatic carboxylic acids is 4. The van der Waals surface area contributed by atoms with E-state index in [1.165, 1.54) is 0 Å². The second-order valence-electron chi connectivity index (χ2n) is 2.58. The van der Waals surface area contributed by atoms with E-state index in [4.69, 9.17) is 30.6 Å². The van der Waals surface area contributed by atoms with E-state index in [0.29, 0.717) is 12.2 Å². The average Bonchev–Trinajstić information content (AvgIpc) is 2.24. The Morgan fingerprint density at radius 2 is 0.950 bits per heavy atom. The summed E-state index contributed by atoms with van der Waals surface area (Å²) >= 11 is 0. The van der Waals surface area contributed by atoms with Crippen molar-refractivity contribution < 1.29 is 83.7 Å². The molecule has 0 aromatic carbocycles. The summed E-state index contributed by atoms with van der Waals surface area (Å²) < 4.78 is 0. The van der Waals surface area contributed by atoms with Gasteiger partial charge in [0.25, 0.3) is 0 Å². The van der Waals surface area contributed by atoms with Crippen LogP contribution in [0.25, 0.3) is 0 Å². The number of hydrogen-bond donors (Lipinski definition) is 6. The minimum absolute atomic E-state index is 0. The van der Waals surface area contributed by atoms with E-state index in [1.807, 2.05) is 0 Å². The Hall–Kier alpha value is -0.200. The minimum atomic E-state index is -2.27. The van der Waals surface area contributed by atoms with Gasteiger partial charge in [0.1, 0.15) is 0 Å². The van der Waals surface area contributed by atoms with E-state index in [9.17, 15) is 19.2 Å². The molecule has 2 unspecified atom stereocenters. The maximum Gasteiger partial charge on any atom is 2.00 e. The summed E-state index contributed by atoms with van der Waals surface area (Å²) in [7, 11) is 0. The summed E-state index contributed by atoms with van der Waals surface area (Å²) in [6.45, 7) is 0. The van der Waals surface area contributed by atoms with Gasteiger partial charge in [0, 0.05) is 12.2 Å². The van der Waals surface area contributed by atoms with E-state index in [0.717, 1.165) is 0 Å². The Balaban J connectivity index is -0.0000000371. The normalized spacial score (nSPS) is 11.7. The Bertz CT molecular complexity index is 347. The van der Waals surface area contributed by atoms with Crippen molar-refractivity contribution in [2.24, 2.45) is 0 Å². The summed E-state index contributed by atoms with van der Waals surface area (Å²) in [6, 6.07) is 0. The first-order valence-corrected chi connectivity index (χ1v) is 4.05. The van der Waals surface area contributed by atoms with Gasteiger partial charge < -0.3 is 34.9 Å². The predicted octanol–water partition coefficient (Wildman–Crippen LogP) is -5.45. The molecule has 0 aliphatic heterocycles. The van der Waals surface area contributed by atoms with E-state index in [1.54, 1.807) is 0 Å². The molecule has 0 bridgehead atoms. The zero-order valence-corrected chi connectivity index (χ0v) is 14.5.